The van der Waals surface area contributed by atoms with Crippen LogP contribution in [0.3, 0.4) is 0 Å². The van der Waals surface area contributed by atoms with E-state index in [0.717, 1.165) is 38.3 Å². The van der Waals surface area contributed by atoms with Gasteiger partial charge in [0.25, 0.3) is 0 Å². The summed E-state index contributed by atoms with van der Waals surface area (Å²) in [5.41, 5.74) is 5.49. The molecule has 3 nitrogen and oxygen atoms in total. The molecule has 2 aliphatic rings. The molecule has 0 spiro atoms. The summed E-state index contributed by atoms with van der Waals surface area (Å²) in [6, 6.07) is 17.5. The Bertz CT molecular complexity index is 827. The zero-order valence-corrected chi connectivity index (χ0v) is 18.6. The fraction of sp³-hybridized carbons (Fsp3) is 0.481. The zero-order valence-electron chi connectivity index (χ0n) is 18.6. The van der Waals surface area contributed by atoms with E-state index in [1.165, 1.54) is 49.3 Å². The van der Waals surface area contributed by atoms with Crippen LogP contribution in [-0.2, 0) is 0 Å². The molecule has 0 radical (unpaired) electrons. The van der Waals surface area contributed by atoms with Crippen LogP contribution in [0.1, 0.15) is 51.5 Å². The molecule has 0 unspecified atom stereocenters. The molecular formula is C27H36N2O. The molecule has 0 saturated carbocycles. The molecule has 2 aromatic rings. The number of hydrogen-bond donors (Lipinski definition) is 0. The van der Waals surface area contributed by atoms with Gasteiger partial charge < -0.3 is 14.5 Å². The first-order valence-corrected chi connectivity index (χ1v) is 11.7. The lowest BCUT2D eigenvalue weighted by Gasteiger charge is -2.34. The minimum Gasteiger partial charge on any atom is -0.491 e. The van der Waals surface area contributed by atoms with Gasteiger partial charge in [-0.15, -0.1) is 0 Å². The Morgan fingerprint density at radius 2 is 1.60 bits per heavy atom. The third-order valence-corrected chi connectivity index (χ3v) is 6.15. The number of hydrogen-bond acceptors (Lipinski definition) is 3. The topological polar surface area (TPSA) is 15.7 Å². The number of ether oxygens (including phenoxy) is 1. The second-order valence-electron chi connectivity index (χ2n) is 9.10. The van der Waals surface area contributed by atoms with Crippen molar-refractivity contribution < 1.29 is 4.74 Å². The number of anilines is 2. The second-order valence-corrected chi connectivity index (χ2v) is 9.10. The molecule has 0 atom stereocenters. The molecule has 2 heterocycles. The molecule has 160 valence electrons. The molecule has 0 amide bonds. The van der Waals surface area contributed by atoms with Crippen molar-refractivity contribution in [2.45, 2.75) is 46.0 Å². The minimum atomic E-state index is 0.529. The molecule has 0 aliphatic carbocycles. The fourth-order valence-electron chi connectivity index (χ4n) is 4.44. The largest absolute Gasteiger partial charge is 0.491 e. The highest BCUT2D eigenvalue weighted by atomic mass is 16.5. The lowest BCUT2D eigenvalue weighted by molar-refractivity contribution is 0.271. The van der Waals surface area contributed by atoms with Gasteiger partial charge in [0.2, 0.25) is 0 Å². The minimum absolute atomic E-state index is 0.529. The lowest BCUT2D eigenvalue weighted by Crippen LogP contribution is -2.32. The van der Waals surface area contributed by atoms with Gasteiger partial charge in [-0.1, -0.05) is 55.8 Å². The van der Waals surface area contributed by atoms with E-state index >= 15 is 0 Å². The first-order valence-electron chi connectivity index (χ1n) is 11.7. The summed E-state index contributed by atoms with van der Waals surface area (Å²) in [6.07, 6.45) is 8.58. The van der Waals surface area contributed by atoms with Gasteiger partial charge in [0.1, 0.15) is 5.75 Å². The van der Waals surface area contributed by atoms with Crippen LogP contribution in [0.2, 0.25) is 0 Å². The zero-order chi connectivity index (χ0) is 20.8. The van der Waals surface area contributed by atoms with Crippen molar-refractivity contribution in [2.75, 3.05) is 42.6 Å². The summed E-state index contributed by atoms with van der Waals surface area (Å²) in [5, 5.41) is 0. The number of rotatable bonds is 6. The molecule has 0 N–H and O–H groups in total. The van der Waals surface area contributed by atoms with Gasteiger partial charge in [-0.2, -0.15) is 0 Å². The van der Waals surface area contributed by atoms with Crippen molar-refractivity contribution in [2.24, 2.45) is 5.92 Å². The Hall–Kier alpha value is -2.42. The maximum atomic E-state index is 6.24. The smallest absolute Gasteiger partial charge is 0.142 e. The van der Waals surface area contributed by atoms with Crippen LogP contribution in [0.5, 0.6) is 5.75 Å². The fourth-order valence-corrected chi connectivity index (χ4v) is 4.44. The Morgan fingerprint density at radius 1 is 0.867 bits per heavy atom. The Labute approximate surface area is 182 Å². The summed E-state index contributed by atoms with van der Waals surface area (Å²) in [7, 11) is 0. The lowest BCUT2D eigenvalue weighted by atomic mass is 10.00. The molecule has 0 aromatic heterocycles. The third-order valence-electron chi connectivity index (χ3n) is 6.15. The predicted octanol–water partition coefficient (Wildman–Crippen LogP) is 6.40. The van der Waals surface area contributed by atoms with Crippen LogP contribution < -0.4 is 14.5 Å². The van der Waals surface area contributed by atoms with Crippen LogP contribution in [-0.4, -0.2) is 32.8 Å². The Kier molecular flexibility index (Phi) is 6.99. The average molecular weight is 405 g/mol. The molecule has 30 heavy (non-hydrogen) atoms. The molecule has 4 rings (SSSR count). The summed E-state index contributed by atoms with van der Waals surface area (Å²) in [6.45, 7) is 9.65. The Morgan fingerprint density at radius 3 is 2.30 bits per heavy atom. The van der Waals surface area contributed by atoms with Crippen LogP contribution >= 0.6 is 0 Å². The van der Waals surface area contributed by atoms with Crippen LogP contribution in [0, 0.1) is 5.92 Å². The van der Waals surface area contributed by atoms with Gasteiger partial charge in [-0.05, 0) is 61.8 Å². The molecule has 2 aromatic carbocycles. The molecule has 2 aliphatic heterocycles. The maximum Gasteiger partial charge on any atom is 0.142 e. The van der Waals surface area contributed by atoms with Crippen LogP contribution in [0.15, 0.2) is 54.1 Å². The van der Waals surface area contributed by atoms with Gasteiger partial charge in [-0.3, -0.25) is 0 Å². The SMILES string of the molecule is CC(C)COc1ccc(N2CCCCC2)cc1N1CCC(=Cc2ccccc2)CC1. The first kappa shape index (κ1) is 20.8. The van der Waals surface area contributed by atoms with E-state index < -0.39 is 0 Å². The van der Waals surface area contributed by atoms with E-state index in [4.69, 9.17) is 4.74 Å². The van der Waals surface area contributed by atoms with Crippen molar-refractivity contribution in [1.82, 2.24) is 0 Å². The van der Waals surface area contributed by atoms with E-state index in [1.807, 2.05) is 0 Å². The second kappa shape index (κ2) is 10.1. The Balaban J connectivity index is 1.51. The average Bonchev–Trinajstić information content (AvgIpc) is 2.79. The quantitative estimate of drug-likeness (QED) is 0.554. The number of nitrogens with zero attached hydrogens (tertiary/aromatic N) is 2. The van der Waals surface area contributed by atoms with Crippen LogP contribution in [0.4, 0.5) is 11.4 Å². The van der Waals surface area contributed by atoms with Crippen molar-refractivity contribution in [3.63, 3.8) is 0 Å². The van der Waals surface area contributed by atoms with Gasteiger partial charge >= 0.3 is 0 Å². The van der Waals surface area contributed by atoms with Gasteiger partial charge in [0, 0.05) is 31.9 Å². The standard InChI is InChI=1S/C27H36N2O/c1-22(2)21-30-27-12-11-25(28-15-7-4-8-16-28)20-26(27)29-17-13-24(14-18-29)19-23-9-5-3-6-10-23/h3,5-6,9-12,19-20,22H,4,7-8,13-18,21H2,1-2H3. The highest BCUT2D eigenvalue weighted by Crippen LogP contribution is 2.36. The molecular weight excluding hydrogens is 368 g/mol. The van der Waals surface area contributed by atoms with Crippen LogP contribution in [0.25, 0.3) is 6.08 Å². The first-order chi connectivity index (χ1) is 14.7. The van der Waals surface area contributed by atoms with E-state index in [2.05, 4.69) is 78.3 Å². The molecule has 0 bridgehead atoms. The predicted molar refractivity (Wildman–Crippen MR) is 129 cm³/mol. The molecule has 2 saturated heterocycles. The van der Waals surface area contributed by atoms with E-state index in [1.54, 1.807) is 5.57 Å². The maximum absolute atomic E-state index is 6.24. The third kappa shape index (κ3) is 5.38. The van der Waals surface area contributed by atoms with Crippen molar-refractivity contribution >= 4 is 17.5 Å². The van der Waals surface area contributed by atoms with E-state index in [0.29, 0.717) is 5.92 Å². The summed E-state index contributed by atoms with van der Waals surface area (Å²) in [5.74, 6) is 1.57. The van der Waals surface area contributed by atoms with Crippen molar-refractivity contribution in [3.05, 3.63) is 59.7 Å². The highest BCUT2D eigenvalue weighted by Gasteiger charge is 2.20. The number of piperidine rings is 2. The normalized spacial score (nSPS) is 17.4. The van der Waals surface area contributed by atoms with Crippen molar-refractivity contribution in [3.8, 4) is 5.75 Å². The number of benzene rings is 2. The summed E-state index contributed by atoms with van der Waals surface area (Å²) in [4.78, 5) is 5.08. The van der Waals surface area contributed by atoms with Gasteiger partial charge in [0.15, 0.2) is 0 Å². The van der Waals surface area contributed by atoms with Crippen molar-refractivity contribution in [1.29, 1.82) is 0 Å². The van der Waals surface area contributed by atoms with Gasteiger partial charge in [-0.25, -0.2) is 0 Å². The summed E-state index contributed by atoms with van der Waals surface area (Å²) < 4.78 is 6.24. The summed E-state index contributed by atoms with van der Waals surface area (Å²) >= 11 is 0. The molecule has 2 fully saturated rings. The van der Waals surface area contributed by atoms with Gasteiger partial charge in [0.05, 0.1) is 12.3 Å². The van der Waals surface area contributed by atoms with E-state index in [9.17, 15) is 0 Å². The van der Waals surface area contributed by atoms with E-state index in [-0.39, 0.29) is 0 Å². The monoisotopic (exact) mass is 404 g/mol. The highest BCUT2D eigenvalue weighted by molar-refractivity contribution is 5.68. The molecule has 3 heteroatoms.